The first kappa shape index (κ1) is 27.8. The van der Waals surface area contributed by atoms with Gasteiger partial charge in [0.05, 0.1) is 38.5 Å². The Kier molecular flexibility index (Phi) is 11.9. The van der Waals surface area contributed by atoms with Crippen LogP contribution in [-0.2, 0) is 14.3 Å². The number of amides is 4. The number of thioether (sulfide) groups is 1. The quantitative estimate of drug-likeness (QED) is 0.160. The van der Waals surface area contributed by atoms with Gasteiger partial charge in [-0.2, -0.15) is 11.8 Å². The van der Waals surface area contributed by atoms with E-state index in [1.54, 1.807) is 19.1 Å². The van der Waals surface area contributed by atoms with Crippen LogP contribution in [0.15, 0.2) is 24.3 Å². The molecular formula is C26H36N4O5S. The molecule has 1 aromatic rings. The molecular weight excluding hydrogens is 480 g/mol. The van der Waals surface area contributed by atoms with Crippen LogP contribution >= 0.6 is 11.8 Å². The lowest BCUT2D eigenvalue weighted by atomic mass is 10.0. The summed E-state index contributed by atoms with van der Waals surface area (Å²) in [6, 6.07) is 7.56. The molecule has 0 aromatic heterocycles. The van der Waals surface area contributed by atoms with Gasteiger partial charge in [0.2, 0.25) is 5.91 Å². The van der Waals surface area contributed by atoms with Crippen molar-refractivity contribution >= 4 is 29.6 Å². The number of ether oxygens (including phenoxy) is 2. The van der Waals surface area contributed by atoms with Crippen molar-refractivity contribution in [1.82, 2.24) is 21.3 Å². The van der Waals surface area contributed by atoms with Crippen molar-refractivity contribution in [3.63, 3.8) is 0 Å². The fourth-order valence-electron chi connectivity index (χ4n) is 4.14. The molecule has 9 nitrogen and oxygen atoms in total. The van der Waals surface area contributed by atoms with Gasteiger partial charge in [-0.25, -0.2) is 4.79 Å². The van der Waals surface area contributed by atoms with Crippen molar-refractivity contribution in [3.05, 3.63) is 35.4 Å². The van der Waals surface area contributed by atoms with E-state index < -0.39 is 0 Å². The Hall–Kier alpha value is -2.74. The molecule has 2 aliphatic heterocycles. The summed E-state index contributed by atoms with van der Waals surface area (Å²) in [5.74, 6) is 6.61. The van der Waals surface area contributed by atoms with Crippen LogP contribution in [-0.4, -0.2) is 80.4 Å². The molecule has 2 fully saturated rings. The third kappa shape index (κ3) is 9.37. The number of carbonyl (C=O) groups is 3. The van der Waals surface area contributed by atoms with Gasteiger partial charge in [0.15, 0.2) is 0 Å². The van der Waals surface area contributed by atoms with Gasteiger partial charge >= 0.3 is 6.03 Å². The molecule has 2 saturated heterocycles. The van der Waals surface area contributed by atoms with Gasteiger partial charge in [0.25, 0.3) is 5.91 Å². The van der Waals surface area contributed by atoms with Crippen LogP contribution in [0.3, 0.4) is 0 Å². The highest BCUT2D eigenvalue weighted by molar-refractivity contribution is 8.00. The molecule has 3 atom stereocenters. The number of hydrogen-bond acceptors (Lipinski definition) is 6. The second-order valence-corrected chi connectivity index (χ2v) is 9.92. The fraction of sp³-hybridized carbons (Fsp3) is 0.577. The van der Waals surface area contributed by atoms with Gasteiger partial charge < -0.3 is 30.7 Å². The first-order chi connectivity index (χ1) is 17.6. The summed E-state index contributed by atoms with van der Waals surface area (Å²) in [5.41, 5.74) is 1.47. The summed E-state index contributed by atoms with van der Waals surface area (Å²) in [6.45, 7) is 4.33. The molecule has 0 saturated carbocycles. The van der Waals surface area contributed by atoms with Crippen molar-refractivity contribution in [2.45, 2.75) is 49.9 Å². The zero-order valence-corrected chi connectivity index (χ0v) is 21.6. The zero-order valence-electron chi connectivity index (χ0n) is 20.8. The molecule has 0 bridgehead atoms. The molecule has 2 heterocycles. The van der Waals surface area contributed by atoms with E-state index in [1.165, 1.54) is 0 Å². The minimum atomic E-state index is -0.146. The van der Waals surface area contributed by atoms with Crippen LogP contribution in [0.4, 0.5) is 4.79 Å². The fourth-order valence-corrected chi connectivity index (χ4v) is 5.68. The maximum Gasteiger partial charge on any atom is 0.315 e. The van der Waals surface area contributed by atoms with E-state index >= 15 is 0 Å². The average molecular weight is 517 g/mol. The molecule has 36 heavy (non-hydrogen) atoms. The molecule has 0 spiro atoms. The van der Waals surface area contributed by atoms with Gasteiger partial charge in [-0.05, 0) is 44.0 Å². The highest BCUT2D eigenvalue weighted by Crippen LogP contribution is 2.33. The summed E-state index contributed by atoms with van der Waals surface area (Å²) in [6.07, 6.45) is 3.32. The largest absolute Gasteiger partial charge is 0.377 e. The first-order valence-electron chi connectivity index (χ1n) is 12.5. The highest BCUT2D eigenvalue weighted by atomic mass is 32.2. The Bertz CT molecular complexity index is 931. The number of nitrogens with one attached hydrogen (secondary N) is 4. The molecule has 0 radical (unpaired) electrons. The number of rotatable bonds is 15. The minimum Gasteiger partial charge on any atom is -0.377 e. The van der Waals surface area contributed by atoms with E-state index in [9.17, 15) is 14.4 Å². The van der Waals surface area contributed by atoms with Crippen molar-refractivity contribution in [2.24, 2.45) is 0 Å². The lowest BCUT2D eigenvalue weighted by Crippen LogP contribution is -2.36. The summed E-state index contributed by atoms with van der Waals surface area (Å²) >= 11 is 1.90. The molecule has 2 aliphatic rings. The number of urea groups is 1. The van der Waals surface area contributed by atoms with Crippen molar-refractivity contribution in [3.8, 4) is 11.8 Å². The van der Waals surface area contributed by atoms with E-state index in [4.69, 9.17) is 9.47 Å². The molecule has 10 heteroatoms. The van der Waals surface area contributed by atoms with E-state index in [1.807, 2.05) is 23.9 Å². The van der Waals surface area contributed by atoms with E-state index in [2.05, 4.69) is 33.1 Å². The number of unbranched alkanes of at least 4 members (excludes halogenated alkanes) is 1. The standard InChI is InChI=1S/C26H36N4O5S/c1-2-5-19-8-10-20(11-9-19)25(32)28-13-15-35-17-16-34-14-12-27-23(31)7-4-3-6-22-24-21(18-36-22)29-26(33)30-24/h8-11,21-22,24H,3-4,6-7,12-18H2,1H3,(H,27,31)(H,28,32)(H2,29,30,33)/t21-,22-,24-/m0/s1. The van der Waals surface area contributed by atoms with Crippen molar-refractivity contribution in [1.29, 1.82) is 0 Å². The van der Waals surface area contributed by atoms with Gasteiger partial charge in [-0.3, -0.25) is 9.59 Å². The van der Waals surface area contributed by atoms with Crippen LogP contribution in [0.5, 0.6) is 0 Å². The Labute approximate surface area is 217 Å². The minimum absolute atomic E-state index is 0.0336. The molecule has 4 amide bonds. The van der Waals surface area contributed by atoms with Crippen LogP contribution in [0, 0.1) is 11.8 Å². The summed E-state index contributed by atoms with van der Waals surface area (Å²) < 4.78 is 10.9. The zero-order chi connectivity index (χ0) is 25.6. The van der Waals surface area contributed by atoms with Gasteiger partial charge in [0.1, 0.15) is 0 Å². The normalized spacial score (nSPS) is 20.0. The summed E-state index contributed by atoms with van der Waals surface area (Å²) in [7, 11) is 0. The number of fused-ring (bicyclic) bond motifs is 1. The van der Waals surface area contributed by atoms with Gasteiger partial charge in [-0.15, -0.1) is 5.92 Å². The first-order valence-corrected chi connectivity index (χ1v) is 13.5. The maximum atomic E-state index is 12.1. The molecule has 4 N–H and O–H groups in total. The lowest BCUT2D eigenvalue weighted by Gasteiger charge is -2.16. The van der Waals surface area contributed by atoms with Crippen LogP contribution in [0.25, 0.3) is 0 Å². The second kappa shape index (κ2) is 15.4. The molecule has 3 rings (SSSR count). The second-order valence-electron chi connectivity index (χ2n) is 8.65. The Morgan fingerprint density at radius 1 is 1.03 bits per heavy atom. The average Bonchev–Trinajstić information content (AvgIpc) is 3.42. The van der Waals surface area contributed by atoms with Gasteiger partial charge in [0, 0.05) is 41.6 Å². The number of benzene rings is 1. The molecule has 0 aliphatic carbocycles. The van der Waals surface area contributed by atoms with Crippen molar-refractivity contribution in [2.75, 3.05) is 45.3 Å². The highest BCUT2D eigenvalue weighted by Gasteiger charge is 2.42. The number of carbonyl (C=O) groups excluding carboxylic acids is 3. The van der Waals surface area contributed by atoms with Crippen LogP contribution in [0.2, 0.25) is 0 Å². The number of hydrogen-bond donors (Lipinski definition) is 4. The molecule has 0 unspecified atom stereocenters. The van der Waals surface area contributed by atoms with Crippen molar-refractivity contribution < 1.29 is 23.9 Å². The predicted molar refractivity (Wildman–Crippen MR) is 140 cm³/mol. The molecule has 1 aromatic carbocycles. The monoisotopic (exact) mass is 516 g/mol. The maximum absolute atomic E-state index is 12.1. The smallest absolute Gasteiger partial charge is 0.315 e. The van der Waals surface area contributed by atoms with E-state index in [0.29, 0.717) is 56.8 Å². The van der Waals surface area contributed by atoms with Crippen LogP contribution in [0.1, 0.15) is 48.5 Å². The summed E-state index contributed by atoms with van der Waals surface area (Å²) in [4.78, 5) is 35.5. The van der Waals surface area contributed by atoms with E-state index in [-0.39, 0.29) is 29.9 Å². The lowest BCUT2D eigenvalue weighted by molar-refractivity contribution is -0.121. The third-order valence-electron chi connectivity index (χ3n) is 5.97. The topological polar surface area (TPSA) is 118 Å². The van der Waals surface area contributed by atoms with E-state index in [0.717, 1.165) is 30.6 Å². The summed E-state index contributed by atoms with van der Waals surface area (Å²) in [5, 5.41) is 12.1. The predicted octanol–water partition coefficient (Wildman–Crippen LogP) is 1.66. The van der Waals surface area contributed by atoms with Crippen LogP contribution < -0.4 is 21.3 Å². The van der Waals surface area contributed by atoms with Gasteiger partial charge in [-0.1, -0.05) is 12.3 Å². The Morgan fingerprint density at radius 3 is 2.47 bits per heavy atom. The molecule has 196 valence electrons. The third-order valence-corrected chi connectivity index (χ3v) is 7.48. The Balaban J connectivity index is 1.09. The SMILES string of the molecule is CC#Cc1ccc(C(=O)NCCOCCOCCNC(=O)CCCC[C@@H]2SC[C@@H]3NC(=O)N[C@@H]32)cc1. The Morgan fingerprint density at radius 2 is 1.75 bits per heavy atom.